The standard InChI is InChI=1S/C22H21ClFNO4/c1-4-12(2)29-20(27)11-16-13(3)25(18-8-6-5-7-15(16)18)22(28)14-9-17(24)21(23)19(26)10-14/h5-10,12,26H,4,11H2,1-3H3. The van der Waals surface area contributed by atoms with Crippen molar-refractivity contribution in [2.24, 2.45) is 0 Å². The molecule has 1 aromatic heterocycles. The molecule has 0 aliphatic heterocycles. The maximum absolute atomic E-state index is 13.9. The molecule has 0 fully saturated rings. The van der Waals surface area contributed by atoms with Crippen molar-refractivity contribution in [1.29, 1.82) is 0 Å². The number of benzene rings is 2. The van der Waals surface area contributed by atoms with Gasteiger partial charge in [0.15, 0.2) is 0 Å². The van der Waals surface area contributed by atoms with Gasteiger partial charge in [-0.25, -0.2) is 4.39 Å². The van der Waals surface area contributed by atoms with E-state index in [4.69, 9.17) is 16.3 Å². The minimum Gasteiger partial charge on any atom is -0.506 e. The van der Waals surface area contributed by atoms with Gasteiger partial charge in [0.1, 0.15) is 16.6 Å². The molecule has 1 heterocycles. The van der Waals surface area contributed by atoms with Crippen LogP contribution in [-0.4, -0.2) is 27.7 Å². The third-order valence-electron chi connectivity index (χ3n) is 4.93. The van der Waals surface area contributed by atoms with Gasteiger partial charge in [-0.3, -0.25) is 14.2 Å². The summed E-state index contributed by atoms with van der Waals surface area (Å²) in [6.07, 6.45) is 0.520. The summed E-state index contributed by atoms with van der Waals surface area (Å²) in [6.45, 7) is 5.46. The number of ether oxygens (including phenoxy) is 1. The summed E-state index contributed by atoms with van der Waals surface area (Å²) in [5, 5.41) is 10.1. The number of para-hydroxylation sites is 1. The van der Waals surface area contributed by atoms with Crippen molar-refractivity contribution in [2.45, 2.75) is 39.7 Å². The van der Waals surface area contributed by atoms with E-state index in [0.717, 1.165) is 17.5 Å². The van der Waals surface area contributed by atoms with E-state index in [2.05, 4.69) is 0 Å². The van der Waals surface area contributed by atoms with Crippen molar-refractivity contribution in [3.8, 4) is 5.75 Å². The number of aromatic nitrogens is 1. The molecule has 29 heavy (non-hydrogen) atoms. The molecule has 2 aromatic carbocycles. The number of hydrogen-bond acceptors (Lipinski definition) is 4. The molecule has 3 rings (SSSR count). The highest BCUT2D eigenvalue weighted by atomic mass is 35.5. The number of carbonyl (C=O) groups excluding carboxylic acids is 2. The van der Waals surface area contributed by atoms with E-state index in [0.29, 0.717) is 23.2 Å². The van der Waals surface area contributed by atoms with Gasteiger partial charge in [-0.15, -0.1) is 0 Å². The van der Waals surface area contributed by atoms with Gasteiger partial charge in [0, 0.05) is 16.6 Å². The first-order chi connectivity index (χ1) is 13.7. The molecule has 152 valence electrons. The fourth-order valence-electron chi connectivity index (χ4n) is 3.24. The molecule has 0 aliphatic rings. The number of hydrogen-bond donors (Lipinski definition) is 1. The summed E-state index contributed by atoms with van der Waals surface area (Å²) >= 11 is 5.65. The smallest absolute Gasteiger partial charge is 0.310 e. The number of halogens is 2. The van der Waals surface area contributed by atoms with Gasteiger partial charge >= 0.3 is 5.97 Å². The molecule has 0 aliphatic carbocycles. The second kappa shape index (κ2) is 8.25. The molecule has 3 aromatic rings. The van der Waals surface area contributed by atoms with Crippen molar-refractivity contribution in [1.82, 2.24) is 4.57 Å². The van der Waals surface area contributed by atoms with Crippen LogP contribution in [0, 0.1) is 12.7 Å². The van der Waals surface area contributed by atoms with Crippen LogP contribution in [0.2, 0.25) is 5.02 Å². The summed E-state index contributed by atoms with van der Waals surface area (Å²) in [4.78, 5) is 25.5. The predicted molar refractivity (Wildman–Crippen MR) is 109 cm³/mol. The number of esters is 1. The zero-order valence-electron chi connectivity index (χ0n) is 16.3. The van der Waals surface area contributed by atoms with Crippen LogP contribution in [0.4, 0.5) is 4.39 Å². The molecule has 5 nitrogen and oxygen atoms in total. The van der Waals surface area contributed by atoms with Crippen LogP contribution in [-0.2, 0) is 16.0 Å². The van der Waals surface area contributed by atoms with E-state index in [1.54, 1.807) is 19.1 Å². The number of rotatable bonds is 5. The lowest BCUT2D eigenvalue weighted by Crippen LogP contribution is -2.17. The Bertz CT molecular complexity index is 1080. The van der Waals surface area contributed by atoms with E-state index >= 15 is 0 Å². The number of aromatic hydroxyl groups is 1. The average molecular weight is 418 g/mol. The van der Waals surface area contributed by atoms with Gasteiger partial charge in [-0.1, -0.05) is 36.7 Å². The minimum absolute atomic E-state index is 0.0111. The Balaban J connectivity index is 2.09. The molecule has 1 N–H and O–H groups in total. The summed E-state index contributed by atoms with van der Waals surface area (Å²) in [5.74, 6) is -2.32. The lowest BCUT2D eigenvalue weighted by molar-refractivity contribution is -0.147. The number of phenolic OH excluding ortho intramolecular Hbond substituents is 1. The SMILES string of the molecule is CCC(C)OC(=O)Cc1c(C)n(C(=O)c2cc(O)c(Cl)c(F)c2)c2ccccc12. The molecular formula is C22H21ClFNO4. The highest BCUT2D eigenvalue weighted by Gasteiger charge is 2.23. The molecular weight excluding hydrogens is 397 g/mol. The second-order valence-corrected chi connectivity index (χ2v) is 7.28. The van der Waals surface area contributed by atoms with E-state index in [-0.39, 0.29) is 24.1 Å². The Morgan fingerprint density at radius 3 is 2.62 bits per heavy atom. The minimum atomic E-state index is -0.888. The van der Waals surface area contributed by atoms with Crippen LogP contribution in [0.1, 0.15) is 41.9 Å². The number of nitrogens with zero attached hydrogens (tertiary/aromatic N) is 1. The lowest BCUT2D eigenvalue weighted by atomic mass is 10.1. The molecule has 0 saturated heterocycles. The lowest BCUT2D eigenvalue weighted by Gasteiger charge is -2.11. The molecule has 0 radical (unpaired) electrons. The maximum Gasteiger partial charge on any atom is 0.310 e. The van der Waals surface area contributed by atoms with Crippen molar-refractivity contribution in [2.75, 3.05) is 0 Å². The largest absolute Gasteiger partial charge is 0.506 e. The number of fused-ring (bicyclic) bond motifs is 1. The molecule has 7 heteroatoms. The topological polar surface area (TPSA) is 68.5 Å². The van der Waals surface area contributed by atoms with Gasteiger partial charge in [0.05, 0.1) is 18.0 Å². The second-order valence-electron chi connectivity index (χ2n) is 6.90. The van der Waals surface area contributed by atoms with Gasteiger partial charge in [0.2, 0.25) is 0 Å². The summed E-state index contributed by atoms with van der Waals surface area (Å²) in [7, 11) is 0. The van der Waals surface area contributed by atoms with Gasteiger partial charge < -0.3 is 9.84 Å². The van der Waals surface area contributed by atoms with Crippen LogP contribution in [0.5, 0.6) is 5.75 Å². The number of phenols is 1. The van der Waals surface area contributed by atoms with Crippen molar-refractivity contribution in [3.63, 3.8) is 0 Å². The first kappa shape index (κ1) is 20.9. The Hall–Kier alpha value is -2.86. The predicted octanol–water partition coefficient (Wildman–Crippen LogP) is 5.02. The van der Waals surface area contributed by atoms with E-state index < -0.39 is 22.5 Å². The van der Waals surface area contributed by atoms with E-state index in [1.807, 2.05) is 26.0 Å². The van der Waals surface area contributed by atoms with Crippen LogP contribution in [0.25, 0.3) is 10.9 Å². The Morgan fingerprint density at radius 2 is 1.97 bits per heavy atom. The summed E-state index contributed by atoms with van der Waals surface area (Å²) in [6, 6.07) is 9.25. The third-order valence-corrected chi connectivity index (χ3v) is 5.30. The summed E-state index contributed by atoms with van der Waals surface area (Å²) in [5.41, 5.74) is 1.74. The number of carbonyl (C=O) groups is 2. The molecule has 0 bridgehead atoms. The van der Waals surface area contributed by atoms with Crippen molar-refractivity contribution >= 4 is 34.4 Å². The van der Waals surface area contributed by atoms with E-state index in [1.165, 1.54) is 4.57 Å². The molecule has 0 saturated carbocycles. The van der Waals surface area contributed by atoms with Crippen LogP contribution in [0.15, 0.2) is 36.4 Å². The van der Waals surface area contributed by atoms with E-state index in [9.17, 15) is 19.1 Å². The highest BCUT2D eigenvalue weighted by molar-refractivity contribution is 6.32. The Labute approximate surface area is 172 Å². The summed E-state index contributed by atoms with van der Waals surface area (Å²) < 4.78 is 20.7. The third kappa shape index (κ3) is 3.98. The monoisotopic (exact) mass is 417 g/mol. The Morgan fingerprint density at radius 1 is 1.28 bits per heavy atom. The molecule has 1 unspecified atom stereocenters. The fourth-order valence-corrected chi connectivity index (χ4v) is 3.35. The van der Waals surface area contributed by atoms with Gasteiger partial charge in [-0.05, 0) is 44.0 Å². The normalized spacial score (nSPS) is 12.2. The first-order valence-electron chi connectivity index (χ1n) is 9.25. The zero-order chi connectivity index (χ0) is 21.3. The highest BCUT2D eigenvalue weighted by Crippen LogP contribution is 2.31. The first-order valence-corrected chi connectivity index (χ1v) is 9.63. The van der Waals surface area contributed by atoms with Crippen molar-refractivity contribution < 1.29 is 23.8 Å². The maximum atomic E-state index is 13.9. The molecule has 0 amide bonds. The quantitative estimate of drug-likeness (QED) is 0.592. The van der Waals surface area contributed by atoms with Crippen LogP contribution in [0.3, 0.4) is 0 Å². The van der Waals surface area contributed by atoms with Gasteiger partial charge in [0.25, 0.3) is 5.91 Å². The van der Waals surface area contributed by atoms with Crippen LogP contribution < -0.4 is 0 Å². The molecule has 0 spiro atoms. The molecule has 1 atom stereocenters. The van der Waals surface area contributed by atoms with Crippen molar-refractivity contribution in [3.05, 3.63) is 64.1 Å². The fraction of sp³-hybridized carbons (Fsp3) is 0.273. The Kier molecular flexibility index (Phi) is 5.94. The average Bonchev–Trinajstić information content (AvgIpc) is 2.96. The van der Waals surface area contributed by atoms with Crippen LogP contribution >= 0.6 is 11.6 Å². The zero-order valence-corrected chi connectivity index (χ0v) is 17.1. The van der Waals surface area contributed by atoms with Gasteiger partial charge in [-0.2, -0.15) is 0 Å².